The van der Waals surface area contributed by atoms with Crippen LogP contribution in [0.25, 0.3) is 0 Å². The van der Waals surface area contributed by atoms with Crippen molar-refractivity contribution in [2.45, 2.75) is 25.1 Å². The summed E-state index contributed by atoms with van der Waals surface area (Å²) in [5.74, 6) is 0. The zero-order valence-electron chi connectivity index (χ0n) is 15.4. The minimum Gasteiger partial charge on any atom is -0.372 e. The number of amides is 2. The van der Waals surface area contributed by atoms with Gasteiger partial charge in [-0.05, 0) is 42.8 Å². The normalized spacial score (nSPS) is 19.9. The van der Waals surface area contributed by atoms with Gasteiger partial charge in [0.15, 0.2) is 0 Å². The average molecular weight is 393 g/mol. The fourth-order valence-corrected chi connectivity index (χ4v) is 3.09. The third-order valence-electron chi connectivity index (χ3n) is 4.47. The molecule has 1 aliphatic heterocycles. The van der Waals surface area contributed by atoms with Crippen molar-refractivity contribution in [3.8, 4) is 0 Å². The number of carbonyl (C=O) groups is 1. The zero-order valence-corrected chi connectivity index (χ0v) is 15.4. The van der Waals surface area contributed by atoms with Crippen molar-refractivity contribution in [3.63, 3.8) is 0 Å². The molecule has 0 aliphatic carbocycles. The topological polar surface area (TPSA) is 62.4 Å². The van der Waals surface area contributed by atoms with Gasteiger partial charge in [0.05, 0.1) is 17.8 Å². The second-order valence-corrected chi connectivity index (χ2v) is 7.01. The lowest BCUT2D eigenvalue weighted by Crippen LogP contribution is -2.48. The average Bonchev–Trinajstić information content (AvgIpc) is 2.63. The highest BCUT2D eigenvalue weighted by atomic mass is 19.4. The van der Waals surface area contributed by atoms with E-state index in [1.165, 1.54) is 12.1 Å². The second-order valence-electron chi connectivity index (χ2n) is 7.01. The van der Waals surface area contributed by atoms with E-state index < -0.39 is 17.8 Å². The molecule has 1 atom stereocenters. The first-order chi connectivity index (χ1) is 13.2. The van der Waals surface area contributed by atoms with Crippen LogP contribution < -0.4 is 16.0 Å². The van der Waals surface area contributed by atoms with Gasteiger partial charge in [0.2, 0.25) is 0 Å². The van der Waals surface area contributed by atoms with Crippen LogP contribution in [0.2, 0.25) is 0 Å². The van der Waals surface area contributed by atoms with Crippen LogP contribution in [0.3, 0.4) is 0 Å². The first-order valence-electron chi connectivity index (χ1n) is 8.92. The van der Waals surface area contributed by atoms with E-state index in [2.05, 4.69) is 16.0 Å². The molecule has 0 spiro atoms. The molecular weight excluding hydrogens is 371 g/mol. The second kappa shape index (κ2) is 8.20. The van der Waals surface area contributed by atoms with E-state index in [9.17, 15) is 18.0 Å². The Bertz CT molecular complexity index is 816. The smallest absolute Gasteiger partial charge is 0.372 e. The molecule has 0 radical (unpaired) electrons. The van der Waals surface area contributed by atoms with Gasteiger partial charge >= 0.3 is 12.2 Å². The minimum absolute atomic E-state index is 0.0683. The monoisotopic (exact) mass is 393 g/mol. The number of benzene rings is 2. The number of urea groups is 1. The van der Waals surface area contributed by atoms with E-state index in [1.54, 1.807) is 12.1 Å². The summed E-state index contributed by atoms with van der Waals surface area (Å²) in [6.45, 7) is 4.34. The summed E-state index contributed by atoms with van der Waals surface area (Å²) in [7, 11) is 0. The van der Waals surface area contributed by atoms with E-state index in [1.807, 2.05) is 19.1 Å². The van der Waals surface area contributed by atoms with E-state index >= 15 is 0 Å². The van der Waals surface area contributed by atoms with Crippen molar-refractivity contribution in [2.75, 3.05) is 30.3 Å². The van der Waals surface area contributed by atoms with E-state index in [0.29, 0.717) is 12.3 Å². The highest BCUT2D eigenvalue weighted by Gasteiger charge is 2.30. The maximum Gasteiger partial charge on any atom is 0.416 e. The number of rotatable bonds is 4. The first kappa shape index (κ1) is 20.2. The molecule has 28 heavy (non-hydrogen) atoms. The molecule has 0 saturated carbocycles. The summed E-state index contributed by atoms with van der Waals surface area (Å²) in [5.41, 5.74) is 0.589. The van der Waals surface area contributed by atoms with Gasteiger partial charge in [0, 0.05) is 30.9 Å². The number of hydrogen-bond donors (Lipinski definition) is 3. The number of hydrogen-bond acceptors (Lipinski definition) is 3. The Kier molecular flexibility index (Phi) is 5.90. The summed E-state index contributed by atoms with van der Waals surface area (Å²) >= 11 is 0. The third-order valence-corrected chi connectivity index (χ3v) is 4.47. The first-order valence-corrected chi connectivity index (χ1v) is 8.92. The molecule has 2 aromatic carbocycles. The molecule has 1 fully saturated rings. The van der Waals surface area contributed by atoms with Crippen molar-refractivity contribution >= 4 is 17.4 Å². The van der Waals surface area contributed by atoms with Crippen molar-refractivity contribution < 1.29 is 22.7 Å². The molecule has 1 aliphatic rings. The Hall–Kier alpha value is -2.58. The molecule has 0 bridgehead atoms. The van der Waals surface area contributed by atoms with Gasteiger partial charge in [-0.25, -0.2) is 4.79 Å². The van der Waals surface area contributed by atoms with Crippen LogP contribution in [-0.4, -0.2) is 31.3 Å². The summed E-state index contributed by atoms with van der Waals surface area (Å²) in [4.78, 5) is 12.1. The molecule has 8 heteroatoms. The molecule has 3 rings (SSSR count). The number of alkyl halides is 3. The lowest BCUT2D eigenvalue weighted by atomic mass is 9.95. The Morgan fingerprint density at radius 1 is 1.14 bits per heavy atom. The molecule has 0 aromatic heterocycles. The highest BCUT2D eigenvalue weighted by molar-refractivity contribution is 5.99. The number of morpholine rings is 1. The number of ether oxygens (including phenoxy) is 1. The van der Waals surface area contributed by atoms with Crippen molar-refractivity contribution in [1.29, 1.82) is 0 Å². The largest absolute Gasteiger partial charge is 0.416 e. The molecule has 1 saturated heterocycles. The molecule has 150 valence electrons. The third kappa shape index (κ3) is 5.46. The summed E-state index contributed by atoms with van der Waals surface area (Å²) in [5, 5.41) is 8.33. The molecular formula is C20H22F3N3O2. The van der Waals surface area contributed by atoms with Gasteiger partial charge in [0.25, 0.3) is 0 Å². The maximum absolute atomic E-state index is 12.7. The van der Waals surface area contributed by atoms with Gasteiger partial charge in [-0.2, -0.15) is 13.2 Å². The quantitative estimate of drug-likeness (QED) is 0.727. The molecule has 1 heterocycles. The van der Waals surface area contributed by atoms with Crippen LogP contribution in [0.4, 0.5) is 29.3 Å². The Labute approximate surface area is 161 Å². The zero-order chi connectivity index (χ0) is 20.2. The van der Waals surface area contributed by atoms with Gasteiger partial charge in [-0.15, -0.1) is 0 Å². The summed E-state index contributed by atoms with van der Waals surface area (Å²) in [6.07, 6.45) is -3.73. The van der Waals surface area contributed by atoms with E-state index in [4.69, 9.17) is 4.74 Å². The Morgan fingerprint density at radius 3 is 2.50 bits per heavy atom. The van der Waals surface area contributed by atoms with Gasteiger partial charge in [0.1, 0.15) is 0 Å². The minimum atomic E-state index is -4.46. The van der Waals surface area contributed by atoms with Gasteiger partial charge in [-0.3, -0.25) is 0 Å². The van der Waals surface area contributed by atoms with Crippen molar-refractivity contribution in [3.05, 3.63) is 59.7 Å². The van der Waals surface area contributed by atoms with Gasteiger partial charge in [-0.1, -0.05) is 18.2 Å². The van der Waals surface area contributed by atoms with Crippen LogP contribution >= 0.6 is 0 Å². The fourth-order valence-electron chi connectivity index (χ4n) is 3.09. The SMILES string of the molecule is C[C@@]1(Cc2ccc(NC(=O)Nc3cccc(C(F)(F)F)c3)cc2)CNCCO1. The molecule has 0 unspecified atom stereocenters. The predicted octanol–water partition coefficient (Wildman–Crippen LogP) is 4.27. The maximum atomic E-state index is 12.7. The molecule has 2 amide bonds. The molecule has 2 aromatic rings. The lowest BCUT2D eigenvalue weighted by molar-refractivity contribution is -0.137. The van der Waals surface area contributed by atoms with E-state index in [0.717, 1.165) is 37.2 Å². The predicted molar refractivity (Wildman–Crippen MR) is 101 cm³/mol. The Balaban J connectivity index is 1.57. The lowest BCUT2D eigenvalue weighted by Gasteiger charge is -2.34. The summed E-state index contributed by atoms with van der Waals surface area (Å²) in [6, 6.07) is 11.2. The number of nitrogens with one attached hydrogen (secondary N) is 3. The number of halogens is 3. The van der Waals surface area contributed by atoms with Crippen LogP contribution in [0.1, 0.15) is 18.1 Å². The van der Waals surface area contributed by atoms with Crippen molar-refractivity contribution in [1.82, 2.24) is 5.32 Å². The van der Waals surface area contributed by atoms with Crippen LogP contribution in [0.5, 0.6) is 0 Å². The summed E-state index contributed by atoms with van der Waals surface area (Å²) < 4.78 is 44.1. The van der Waals surface area contributed by atoms with Crippen LogP contribution in [0.15, 0.2) is 48.5 Å². The highest BCUT2D eigenvalue weighted by Crippen LogP contribution is 2.30. The standard InChI is InChI=1S/C20H22F3N3O2/c1-19(13-24-9-10-28-19)12-14-5-7-16(8-6-14)25-18(27)26-17-4-2-3-15(11-17)20(21,22)23/h2-8,11,24H,9-10,12-13H2,1H3,(H2,25,26,27)/t19-/m1/s1. The number of anilines is 2. The van der Waals surface area contributed by atoms with Crippen LogP contribution in [0, 0.1) is 0 Å². The number of carbonyl (C=O) groups excluding carboxylic acids is 1. The Morgan fingerprint density at radius 2 is 1.86 bits per heavy atom. The van der Waals surface area contributed by atoms with Crippen molar-refractivity contribution in [2.24, 2.45) is 0 Å². The molecule has 3 N–H and O–H groups in total. The van der Waals surface area contributed by atoms with E-state index in [-0.39, 0.29) is 11.3 Å². The van der Waals surface area contributed by atoms with Crippen LogP contribution in [-0.2, 0) is 17.3 Å². The molecule has 5 nitrogen and oxygen atoms in total. The fraction of sp³-hybridized carbons (Fsp3) is 0.350. The van der Waals surface area contributed by atoms with Gasteiger partial charge < -0.3 is 20.7 Å².